The molecular formula is C14H10Br2O3S. The molecule has 0 saturated heterocycles. The van der Waals surface area contributed by atoms with Crippen LogP contribution >= 0.6 is 43.2 Å². The van der Waals surface area contributed by atoms with Gasteiger partial charge < -0.3 is 5.11 Å². The summed E-state index contributed by atoms with van der Waals surface area (Å²) in [5.41, 5.74) is 2.04. The summed E-state index contributed by atoms with van der Waals surface area (Å²) in [7, 11) is 0. The van der Waals surface area contributed by atoms with Crippen LogP contribution in [0.25, 0.3) is 0 Å². The van der Waals surface area contributed by atoms with Crippen LogP contribution in [0.1, 0.15) is 37.4 Å². The smallest absolute Gasteiger partial charge is 0.336 e. The summed E-state index contributed by atoms with van der Waals surface area (Å²) in [6.45, 7) is 3.44. The van der Waals surface area contributed by atoms with Crippen molar-refractivity contribution in [3.63, 3.8) is 0 Å². The maximum atomic E-state index is 12.7. The van der Waals surface area contributed by atoms with Crippen LogP contribution in [-0.2, 0) is 0 Å². The van der Waals surface area contributed by atoms with E-state index in [1.165, 1.54) is 11.3 Å². The largest absolute Gasteiger partial charge is 0.478 e. The highest BCUT2D eigenvalue weighted by Gasteiger charge is 2.24. The molecule has 1 aromatic heterocycles. The molecule has 2 rings (SSSR count). The number of hydrogen-bond acceptors (Lipinski definition) is 3. The van der Waals surface area contributed by atoms with Gasteiger partial charge in [-0.3, -0.25) is 4.79 Å². The summed E-state index contributed by atoms with van der Waals surface area (Å²) < 4.78 is 1.50. The van der Waals surface area contributed by atoms with Crippen molar-refractivity contribution < 1.29 is 14.7 Å². The molecule has 0 unspecified atom stereocenters. The van der Waals surface area contributed by atoms with Gasteiger partial charge in [0.25, 0.3) is 0 Å². The molecule has 0 radical (unpaired) electrons. The maximum absolute atomic E-state index is 12.7. The van der Waals surface area contributed by atoms with Crippen LogP contribution in [-0.4, -0.2) is 16.9 Å². The highest BCUT2D eigenvalue weighted by molar-refractivity contribution is 9.12. The van der Waals surface area contributed by atoms with Crippen molar-refractivity contribution in [1.82, 2.24) is 0 Å². The number of benzene rings is 1. The van der Waals surface area contributed by atoms with Crippen LogP contribution in [0.15, 0.2) is 25.8 Å². The fourth-order valence-electron chi connectivity index (χ4n) is 2.01. The van der Waals surface area contributed by atoms with Gasteiger partial charge in [-0.15, -0.1) is 11.3 Å². The predicted molar refractivity (Wildman–Crippen MR) is 86.0 cm³/mol. The Hall–Kier alpha value is -0.980. The van der Waals surface area contributed by atoms with Gasteiger partial charge in [0.05, 0.1) is 13.1 Å². The molecule has 0 aliphatic carbocycles. The third-order valence-corrected chi connectivity index (χ3v) is 5.30. The molecule has 1 heterocycles. The Labute approximate surface area is 136 Å². The van der Waals surface area contributed by atoms with Crippen molar-refractivity contribution in [1.29, 1.82) is 0 Å². The average molecular weight is 418 g/mol. The van der Waals surface area contributed by atoms with Crippen LogP contribution < -0.4 is 0 Å². The monoisotopic (exact) mass is 416 g/mol. The summed E-state index contributed by atoms with van der Waals surface area (Å²) >= 11 is 8.05. The van der Waals surface area contributed by atoms with Crippen molar-refractivity contribution in [3.05, 3.63) is 53.6 Å². The van der Waals surface area contributed by atoms with Crippen LogP contribution in [0.5, 0.6) is 0 Å². The van der Waals surface area contributed by atoms with Gasteiger partial charge in [-0.1, -0.05) is 12.1 Å². The van der Waals surface area contributed by atoms with E-state index in [1.807, 2.05) is 0 Å². The summed E-state index contributed by atoms with van der Waals surface area (Å²) in [6.07, 6.45) is 0. The summed E-state index contributed by atoms with van der Waals surface area (Å²) in [6, 6.07) is 5.18. The Kier molecular flexibility index (Phi) is 4.46. The van der Waals surface area contributed by atoms with Gasteiger partial charge in [0, 0.05) is 11.1 Å². The van der Waals surface area contributed by atoms with Crippen molar-refractivity contribution in [3.8, 4) is 0 Å². The van der Waals surface area contributed by atoms with E-state index in [0.717, 1.165) is 3.79 Å². The molecule has 20 heavy (non-hydrogen) atoms. The van der Waals surface area contributed by atoms with Crippen molar-refractivity contribution in [2.75, 3.05) is 0 Å². The summed E-state index contributed by atoms with van der Waals surface area (Å²) in [4.78, 5) is 24.1. The first kappa shape index (κ1) is 15.4. The zero-order valence-corrected chi connectivity index (χ0v) is 14.6. The topological polar surface area (TPSA) is 54.4 Å². The molecule has 0 aliphatic heterocycles. The third-order valence-electron chi connectivity index (χ3n) is 2.96. The third kappa shape index (κ3) is 2.73. The van der Waals surface area contributed by atoms with E-state index >= 15 is 0 Å². The first-order valence-corrected chi connectivity index (χ1v) is 8.06. The molecule has 0 atom stereocenters. The minimum absolute atomic E-state index is 0.0734. The zero-order chi connectivity index (χ0) is 15.0. The molecule has 0 amide bonds. The van der Waals surface area contributed by atoms with Crippen molar-refractivity contribution >= 4 is 54.9 Å². The lowest BCUT2D eigenvalue weighted by Crippen LogP contribution is -2.13. The number of hydrogen-bond donors (Lipinski definition) is 1. The van der Waals surface area contributed by atoms with Gasteiger partial charge in [-0.25, -0.2) is 4.79 Å². The summed E-state index contributed by atoms with van der Waals surface area (Å²) in [5.74, 6) is -1.36. The molecule has 6 heteroatoms. The lowest BCUT2D eigenvalue weighted by atomic mass is 9.92. The van der Waals surface area contributed by atoms with Crippen LogP contribution in [0, 0.1) is 13.8 Å². The Morgan fingerprint density at radius 3 is 2.10 bits per heavy atom. The lowest BCUT2D eigenvalue weighted by molar-refractivity contribution is 0.0692. The second-order valence-electron chi connectivity index (χ2n) is 4.32. The Bertz CT molecular complexity index is 719. The molecule has 2 aromatic rings. The van der Waals surface area contributed by atoms with Crippen LogP contribution in [0.2, 0.25) is 0 Å². The fraction of sp³-hybridized carbons (Fsp3) is 0.143. The minimum atomic E-state index is -1.08. The molecule has 1 aromatic carbocycles. The van der Waals surface area contributed by atoms with Gasteiger partial charge in [0.2, 0.25) is 0 Å². The number of aromatic carboxylic acids is 1. The predicted octanol–water partition coefficient (Wildman–Crippen LogP) is 4.82. The van der Waals surface area contributed by atoms with Crippen molar-refractivity contribution in [2.24, 2.45) is 0 Å². The SMILES string of the molecule is Cc1ccc(C)c(C(=O)c2cc(Br)sc2Br)c1C(=O)O. The minimum Gasteiger partial charge on any atom is -0.478 e. The van der Waals surface area contributed by atoms with Gasteiger partial charge in [0.1, 0.15) is 0 Å². The first-order valence-electron chi connectivity index (χ1n) is 5.66. The molecule has 0 fully saturated rings. The number of carboxylic acids is 1. The van der Waals surface area contributed by atoms with Gasteiger partial charge in [-0.05, 0) is 62.9 Å². The average Bonchev–Trinajstić information content (AvgIpc) is 2.69. The van der Waals surface area contributed by atoms with E-state index in [-0.39, 0.29) is 16.9 Å². The Morgan fingerprint density at radius 1 is 1.10 bits per heavy atom. The molecule has 3 nitrogen and oxygen atoms in total. The fourth-order valence-corrected chi connectivity index (χ4v) is 4.80. The Morgan fingerprint density at radius 2 is 1.65 bits per heavy atom. The van der Waals surface area contributed by atoms with Crippen molar-refractivity contribution in [2.45, 2.75) is 13.8 Å². The maximum Gasteiger partial charge on any atom is 0.336 e. The second kappa shape index (κ2) is 5.79. The molecule has 0 aliphatic rings. The van der Waals surface area contributed by atoms with Crippen LogP contribution in [0.3, 0.4) is 0 Å². The van der Waals surface area contributed by atoms with E-state index in [1.54, 1.807) is 32.0 Å². The number of carbonyl (C=O) groups excluding carboxylic acids is 1. The second-order valence-corrected chi connectivity index (χ2v) is 8.07. The number of aryl methyl sites for hydroxylation is 2. The zero-order valence-electron chi connectivity index (χ0n) is 10.7. The van der Waals surface area contributed by atoms with E-state index in [4.69, 9.17) is 0 Å². The van der Waals surface area contributed by atoms with E-state index in [0.29, 0.717) is 20.5 Å². The highest BCUT2D eigenvalue weighted by atomic mass is 79.9. The van der Waals surface area contributed by atoms with Gasteiger partial charge >= 0.3 is 5.97 Å². The van der Waals surface area contributed by atoms with Gasteiger partial charge in [0.15, 0.2) is 5.78 Å². The molecule has 0 spiro atoms. The van der Waals surface area contributed by atoms with Gasteiger partial charge in [-0.2, -0.15) is 0 Å². The molecule has 0 bridgehead atoms. The van der Waals surface area contributed by atoms with E-state index in [2.05, 4.69) is 31.9 Å². The molecule has 104 valence electrons. The molecular weight excluding hydrogens is 408 g/mol. The number of rotatable bonds is 3. The van der Waals surface area contributed by atoms with E-state index in [9.17, 15) is 14.7 Å². The van der Waals surface area contributed by atoms with E-state index < -0.39 is 5.97 Å². The first-order chi connectivity index (χ1) is 9.32. The highest BCUT2D eigenvalue weighted by Crippen LogP contribution is 2.34. The number of ketones is 1. The quantitative estimate of drug-likeness (QED) is 0.728. The standard InChI is InChI=1S/C14H10Br2O3S/c1-6-3-4-7(2)11(14(18)19)10(6)12(17)8-5-9(15)20-13(8)16/h3-5H,1-2H3,(H,18,19). The number of halogens is 2. The lowest BCUT2D eigenvalue weighted by Gasteiger charge is -2.11. The number of thiophene rings is 1. The Balaban J connectivity index is 2.69. The number of carbonyl (C=O) groups is 2. The number of carboxylic acid groups (broad SMARTS) is 1. The summed E-state index contributed by atoms with van der Waals surface area (Å²) in [5, 5.41) is 9.37. The van der Waals surface area contributed by atoms with Crippen LogP contribution in [0.4, 0.5) is 0 Å². The normalized spacial score (nSPS) is 10.6. The molecule has 1 N–H and O–H groups in total. The molecule has 0 saturated carbocycles.